The van der Waals surface area contributed by atoms with E-state index in [0.717, 1.165) is 51.6 Å². The van der Waals surface area contributed by atoms with Crippen LogP contribution in [0.15, 0.2) is 82.6 Å². The van der Waals surface area contributed by atoms with Crippen molar-refractivity contribution in [2.45, 2.75) is 81.3 Å². The third-order valence-corrected chi connectivity index (χ3v) is 10.3. The van der Waals surface area contributed by atoms with Crippen molar-refractivity contribution in [1.29, 1.82) is 0 Å². The van der Waals surface area contributed by atoms with E-state index in [2.05, 4.69) is 5.32 Å². The fraction of sp³-hybridized carbons (Fsp3) is 0.394. The highest BCUT2D eigenvalue weighted by Crippen LogP contribution is 2.27. The predicted molar refractivity (Wildman–Crippen MR) is 170 cm³/mol. The quantitative estimate of drug-likeness (QED) is 0.252. The molecule has 3 aromatic rings. The Hall–Kier alpha value is -3.30. The van der Waals surface area contributed by atoms with Crippen molar-refractivity contribution in [1.82, 2.24) is 10.2 Å². The van der Waals surface area contributed by atoms with Crippen LogP contribution in [0.5, 0.6) is 0 Å². The van der Waals surface area contributed by atoms with E-state index in [0.29, 0.717) is 12.1 Å². The SMILES string of the molecule is CC[C@H](C(=O)NC1CCCC1)N(Cc1ccc(C)cc1)C(=O)CN(c1ccc(C)cc1)S(=O)(=O)c1ccc(SC)cc1. The van der Waals surface area contributed by atoms with Crippen molar-refractivity contribution >= 4 is 39.3 Å². The number of hydrogen-bond acceptors (Lipinski definition) is 5. The zero-order valence-electron chi connectivity index (χ0n) is 24.9. The van der Waals surface area contributed by atoms with Gasteiger partial charge in [-0.3, -0.25) is 13.9 Å². The molecule has 1 fully saturated rings. The molecular formula is C33H41N3O4S2. The molecule has 0 aromatic heterocycles. The van der Waals surface area contributed by atoms with E-state index in [1.165, 1.54) is 11.8 Å². The monoisotopic (exact) mass is 607 g/mol. The zero-order chi connectivity index (χ0) is 30.3. The number of rotatable bonds is 12. The normalized spacial score (nSPS) is 14.4. The van der Waals surface area contributed by atoms with Crippen LogP contribution in [-0.4, -0.2) is 50.0 Å². The molecule has 9 heteroatoms. The molecule has 0 aliphatic heterocycles. The van der Waals surface area contributed by atoms with E-state index in [9.17, 15) is 18.0 Å². The molecule has 0 bridgehead atoms. The maximum absolute atomic E-state index is 14.2. The third kappa shape index (κ3) is 7.75. The van der Waals surface area contributed by atoms with Crippen LogP contribution in [0.1, 0.15) is 55.7 Å². The molecule has 0 unspecified atom stereocenters. The Bertz CT molecular complexity index is 1450. The van der Waals surface area contributed by atoms with Crippen LogP contribution in [0.4, 0.5) is 5.69 Å². The van der Waals surface area contributed by atoms with Crippen molar-refractivity contribution < 1.29 is 18.0 Å². The lowest BCUT2D eigenvalue weighted by Crippen LogP contribution is -2.53. The molecule has 1 atom stereocenters. The maximum atomic E-state index is 14.2. The first kappa shape index (κ1) is 31.6. The van der Waals surface area contributed by atoms with Gasteiger partial charge >= 0.3 is 0 Å². The van der Waals surface area contributed by atoms with E-state index < -0.39 is 28.5 Å². The predicted octanol–water partition coefficient (Wildman–Crippen LogP) is 6.09. The van der Waals surface area contributed by atoms with Crippen molar-refractivity contribution in [2.24, 2.45) is 0 Å². The molecule has 3 aromatic carbocycles. The van der Waals surface area contributed by atoms with Crippen LogP contribution >= 0.6 is 11.8 Å². The molecule has 0 heterocycles. The highest BCUT2D eigenvalue weighted by atomic mass is 32.2. The Morgan fingerprint density at radius 3 is 2.02 bits per heavy atom. The Morgan fingerprint density at radius 2 is 1.48 bits per heavy atom. The second-order valence-corrected chi connectivity index (χ2v) is 13.7. The first-order valence-corrected chi connectivity index (χ1v) is 17.2. The maximum Gasteiger partial charge on any atom is 0.264 e. The first-order chi connectivity index (χ1) is 20.1. The summed E-state index contributed by atoms with van der Waals surface area (Å²) in [6.07, 6.45) is 6.36. The smallest absolute Gasteiger partial charge is 0.264 e. The second-order valence-electron chi connectivity index (χ2n) is 10.9. The van der Waals surface area contributed by atoms with Crippen molar-refractivity contribution in [3.05, 3.63) is 89.5 Å². The number of hydrogen-bond donors (Lipinski definition) is 1. The molecule has 4 rings (SSSR count). The van der Waals surface area contributed by atoms with Crippen molar-refractivity contribution in [3.63, 3.8) is 0 Å². The lowest BCUT2D eigenvalue weighted by molar-refractivity contribution is -0.140. The number of sulfonamides is 1. The van der Waals surface area contributed by atoms with Crippen LogP contribution in [-0.2, 0) is 26.2 Å². The minimum atomic E-state index is -4.09. The minimum absolute atomic E-state index is 0.102. The number of carbonyl (C=O) groups excluding carboxylic acids is 2. The number of amides is 2. The first-order valence-electron chi connectivity index (χ1n) is 14.5. The summed E-state index contributed by atoms with van der Waals surface area (Å²) in [4.78, 5) is 30.4. The molecule has 0 spiro atoms. The number of nitrogens with one attached hydrogen (secondary N) is 1. The number of thioether (sulfide) groups is 1. The molecule has 2 amide bonds. The van der Waals surface area contributed by atoms with Gasteiger partial charge < -0.3 is 10.2 Å². The Labute approximate surface area is 254 Å². The zero-order valence-corrected chi connectivity index (χ0v) is 26.5. The average Bonchev–Trinajstić information content (AvgIpc) is 3.50. The van der Waals surface area contributed by atoms with E-state index in [1.807, 2.05) is 63.4 Å². The van der Waals surface area contributed by atoms with Gasteiger partial charge in [-0.05, 0) is 81.3 Å². The summed E-state index contributed by atoms with van der Waals surface area (Å²) in [5.41, 5.74) is 3.33. The van der Waals surface area contributed by atoms with E-state index in [1.54, 1.807) is 41.3 Å². The van der Waals surface area contributed by atoms with Crippen LogP contribution in [0, 0.1) is 13.8 Å². The summed E-state index contributed by atoms with van der Waals surface area (Å²) in [5.74, 6) is -0.629. The molecule has 0 radical (unpaired) electrons. The highest BCUT2D eigenvalue weighted by Gasteiger charge is 2.34. The molecule has 1 aliphatic carbocycles. The number of nitrogens with zero attached hydrogens (tertiary/aromatic N) is 2. The van der Waals surface area contributed by atoms with Crippen molar-refractivity contribution in [2.75, 3.05) is 17.1 Å². The van der Waals surface area contributed by atoms with Gasteiger partial charge in [0.15, 0.2) is 0 Å². The summed E-state index contributed by atoms with van der Waals surface area (Å²) in [7, 11) is -4.09. The summed E-state index contributed by atoms with van der Waals surface area (Å²) in [6.45, 7) is 5.56. The van der Waals surface area contributed by atoms with Gasteiger partial charge in [0.2, 0.25) is 11.8 Å². The molecule has 224 valence electrons. The lowest BCUT2D eigenvalue weighted by atomic mass is 10.1. The summed E-state index contributed by atoms with van der Waals surface area (Å²) in [5, 5.41) is 3.15. The van der Waals surface area contributed by atoms with Gasteiger partial charge in [-0.25, -0.2) is 8.42 Å². The van der Waals surface area contributed by atoms with Gasteiger partial charge in [-0.1, -0.05) is 67.3 Å². The number of anilines is 1. The van der Waals surface area contributed by atoms with Crippen LogP contribution in [0.25, 0.3) is 0 Å². The van der Waals surface area contributed by atoms with Crippen LogP contribution in [0.2, 0.25) is 0 Å². The standard InChI is InChI=1S/C33H41N3O4S2/c1-5-31(33(38)34-27-8-6-7-9-27)35(22-26-14-10-24(2)11-15-26)32(37)23-36(28-16-12-25(3)13-17-28)42(39,40)30-20-18-29(41-4)19-21-30/h10-21,27,31H,5-9,22-23H2,1-4H3,(H,34,38)/t31-/m1/s1. The lowest BCUT2D eigenvalue weighted by Gasteiger charge is -2.34. The largest absolute Gasteiger partial charge is 0.352 e. The second kappa shape index (κ2) is 14.2. The van der Waals surface area contributed by atoms with Crippen LogP contribution in [0.3, 0.4) is 0 Å². The van der Waals surface area contributed by atoms with E-state index in [-0.39, 0.29) is 23.4 Å². The van der Waals surface area contributed by atoms with Crippen molar-refractivity contribution in [3.8, 4) is 0 Å². The molecule has 0 saturated heterocycles. The van der Waals surface area contributed by atoms with Gasteiger partial charge in [0.1, 0.15) is 12.6 Å². The summed E-state index contributed by atoms with van der Waals surface area (Å²) in [6, 6.07) is 20.9. The molecule has 1 saturated carbocycles. The topological polar surface area (TPSA) is 86.8 Å². The number of aryl methyl sites for hydroxylation is 2. The average molecular weight is 608 g/mol. The van der Waals surface area contributed by atoms with Gasteiger partial charge in [0, 0.05) is 17.5 Å². The highest BCUT2D eigenvalue weighted by molar-refractivity contribution is 7.98. The van der Waals surface area contributed by atoms with Gasteiger partial charge in [-0.2, -0.15) is 0 Å². The fourth-order valence-electron chi connectivity index (χ4n) is 5.29. The molecule has 1 N–H and O–H groups in total. The van der Waals surface area contributed by atoms with Gasteiger partial charge in [0.05, 0.1) is 10.6 Å². The van der Waals surface area contributed by atoms with E-state index in [4.69, 9.17) is 0 Å². The van der Waals surface area contributed by atoms with Crippen LogP contribution < -0.4 is 9.62 Å². The molecule has 1 aliphatic rings. The van der Waals surface area contributed by atoms with E-state index >= 15 is 0 Å². The minimum Gasteiger partial charge on any atom is -0.352 e. The number of carbonyl (C=O) groups is 2. The Morgan fingerprint density at radius 1 is 0.905 bits per heavy atom. The fourth-order valence-corrected chi connectivity index (χ4v) is 7.11. The van der Waals surface area contributed by atoms with Gasteiger partial charge in [0.25, 0.3) is 10.0 Å². The van der Waals surface area contributed by atoms with Gasteiger partial charge in [-0.15, -0.1) is 11.8 Å². The summed E-state index contributed by atoms with van der Waals surface area (Å²) < 4.78 is 29.2. The Kier molecular flexibility index (Phi) is 10.7. The summed E-state index contributed by atoms with van der Waals surface area (Å²) >= 11 is 1.52. The molecular weight excluding hydrogens is 567 g/mol. The molecule has 42 heavy (non-hydrogen) atoms. The molecule has 7 nitrogen and oxygen atoms in total. The Balaban J connectivity index is 1.70. The number of benzene rings is 3. The third-order valence-electron chi connectivity index (χ3n) is 7.81.